The van der Waals surface area contributed by atoms with Gasteiger partial charge in [-0.15, -0.1) is 15.0 Å². The number of nitrogens with zero attached hydrogens (tertiary/aromatic N) is 5. The van der Waals surface area contributed by atoms with Gasteiger partial charge in [0.05, 0.1) is 0 Å². The molecule has 0 atom stereocenters. The van der Waals surface area contributed by atoms with Gasteiger partial charge in [-0.2, -0.15) is 5.10 Å². The molecule has 4 aromatic rings. The van der Waals surface area contributed by atoms with Gasteiger partial charge in [0, 0.05) is 7.05 Å². The van der Waals surface area contributed by atoms with Crippen LogP contribution < -0.4 is 4.74 Å². The normalized spacial score (nSPS) is 11.1. The molecule has 2 aromatic carbocycles. The lowest BCUT2D eigenvalue weighted by Crippen LogP contribution is -2.07. The number of nitrogens with one attached hydrogen (secondary N) is 1. The van der Waals surface area contributed by atoms with Crippen LogP contribution in [-0.4, -0.2) is 29.8 Å². The molecule has 0 amide bonds. The van der Waals surface area contributed by atoms with Crippen molar-refractivity contribution in [3.8, 4) is 11.4 Å². The predicted octanol–water partition coefficient (Wildman–Crippen LogP) is 3.10. The van der Waals surface area contributed by atoms with E-state index in [0.717, 1.165) is 28.1 Å². The third kappa shape index (κ3) is 2.91. The molecule has 25 heavy (non-hydrogen) atoms. The lowest BCUT2D eigenvalue weighted by atomic mass is 10.2. The van der Waals surface area contributed by atoms with Gasteiger partial charge in [-0.1, -0.05) is 18.2 Å². The van der Waals surface area contributed by atoms with Gasteiger partial charge in [0.2, 0.25) is 0 Å². The Morgan fingerprint density at radius 3 is 2.48 bits per heavy atom. The molecular formula is C17H16N6OS. The van der Waals surface area contributed by atoms with Gasteiger partial charge in [0.15, 0.2) is 10.6 Å². The number of aryl methyl sites for hydroxylation is 1. The Morgan fingerprint density at radius 1 is 1.12 bits per heavy atom. The van der Waals surface area contributed by atoms with Crippen molar-refractivity contribution in [3.63, 3.8) is 0 Å². The molecule has 0 unspecified atom stereocenters. The van der Waals surface area contributed by atoms with Crippen molar-refractivity contribution in [1.29, 1.82) is 0 Å². The Kier molecular flexibility index (Phi) is 3.81. The summed E-state index contributed by atoms with van der Waals surface area (Å²) in [5.41, 5.74) is 3.56. The van der Waals surface area contributed by atoms with Crippen molar-refractivity contribution in [2.24, 2.45) is 7.05 Å². The summed E-state index contributed by atoms with van der Waals surface area (Å²) in [6.07, 6.45) is 0. The summed E-state index contributed by atoms with van der Waals surface area (Å²) in [6, 6.07) is 13.7. The van der Waals surface area contributed by atoms with Crippen LogP contribution >= 0.6 is 12.2 Å². The zero-order chi connectivity index (χ0) is 17.4. The molecule has 0 aliphatic carbocycles. The fourth-order valence-electron chi connectivity index (χ4n) is 2.52. The summed E-state index contributed by atoms with van der Waals surface area (Å²) in [5, 5.41) is 16.0. The van der Waals surface area contributed by atoms with Crippen LogP contribution in [0.3, 0.4) is 0 Å². The predicted molar refractivity (Wildman–Crippen MR) is 96.3 cm³/mol. The van der Waals surface area contributed by atoms with Crippen LogP contribution in [0.25, 0.3) is 16.7 Å². The first kappa shape index (κ1) is 15.5. The van der Waals surface area contributed by atoms with E-state index in [1.165, 1.54) is 0 Å². The molecule has 1 N–H and O–H groups in total. The minimum Gasteiger partial charge on any atom is -0.483 e. The second kappa shape index (κ2) is 6.14. The first-order valence-electron chi connectivity index (χ1n) is 7.78. The highest BCUT2D eigenvalue weighted by Crippen LogP contribution is 2.25. The third-order valence-corrected chi connectivity index (χ3v) is 4.31. The van der Waals surface area contributed by atoms with E-state index in [1.807, 2.05) is 56.4 Å². The molecule has 126 valence electrons. The molecule has 2 aromatic heterocycles. The zero-order valence-corrected chi connectivity index (χ0v) is 14.6. The number of fused-ring (bicyclic) bond motifs is 1. The van der Waals surface area contributed by atoms with Crippen LogP contribution in [0.1, 0.15) is 11.4 Å². The molecule has 7 nitrogen and oxygen atoms in total. The fourth-order valence-corrected chi connectivity index (χ4v) is 2.68. The van der Waals surface area contributed by atoms with E-state index in [1.54, 1.807) is 9.36 Å². The number of ether oxygens (including phenoxy) is 1. The maximum Gasteiger partial charge on any atom is 0.194 e. The number of hydrogen-bond donors (Lipinski definition) is 1. The van der Waals surface area contributed by atoms with E-state index in [0.29, 0.717) is 17.1 Å². The van der Waals surface area contributed by atoms with Gasteiger partial charge in [0.1, 0.15) is 29.1 Å². The second-order valence-electron chi connectivity index (χ2n) is 5.74. The first-order chi connectivity index (χ1) is 12.1. The van der Waals surface area contributed by atoms with E-state index >= 15 is 0 Å². The molecule has 2 heterocycles. The van der Waals surface area contributed by atoms with Crippen molar-refractivity contribution in [1.82, 2.24) is 29.8 Å². The quantitative estimate of drug-likeness (QED) is 0.571. The van der Waals surface area contributed by atoms with Gasteiger partial charge in [0.25, 0.3) is 0 Å². The van der Waals surface area contributed by atoms with Crippen LogP contribution in [0.4, 0.5) is 0 Å². The van der Waals surface area contributed by atoms with Crippen LogP contribution in [0, 0.1) is 11.7 Å². The average Bonchev–Trinajstić information content (AvgIpc) is 3.18. The Morgan fingerprint density at radius 2 is 1.84 bits per heavy atom. The Bertz CT molecular complexity index is 1080. The van der Waals surface area contributed by atoms with Crippen molar-refractivity contribution < 1.29 is 4.74 Å². The Hall–Kier alpha value is -3.00. The number of rotatable bonds is 4. The van der Waals surface area contributed by atoms with Crippen molar-refractivity contribution in [2.45, 2.75) is 13.5 Å². The van der Waals surface area contributed by atoms with Gasteiger partial charge < -0.3 is 9.30 Å². The van der Waals surface area contributed by atoms with Gasteiger partial charge in [-0.25, -0.2) is 0 Å². The van der Waals surface area contributed by atoms with Crippen molar-refractivity contribution >= 4 is 23.3 Å². The van der Waals surface area contributed by atoms with E-state index in [9.17, 15) is 0 Å². The van der Waals surface area contributed by atoms with E-state index in [-0.39, 0.29) is 0 Å². The smallest absolute Gasteiger partial charge is 0.194 e. The molecule has 0 spiro atoms. The number of H-pyrrole nitrogens is 1. The monoisotopic (exact) mass is 352 g/mol. The summed E-state index contributed by atoms with van der Waals surface area (Å²) >= 11 is 5.13. The van der Waals surface area contributed by atoms with E-state index in [2.05, 4.69) is 20.4 Å². The van der Waals surface area contributed by atoms with Crippen LogP contribution in [0.5, 0.6) is 5.75 Å². The highest BCUT2D eigenvalue weighted by Gasteiger charge is 2.12. The summed E-state index contributed by atoms with van der Waals surface area (Å²) < 4.78 is 8.31. The van der Waals surface area contributed by atoms with E-state index < -0.39 is 0 Å². The molecule has 0 aliphatic rings. The second-order valence-corrected chi connectivity index (χ2v) is 6.13. The van der Waals surface area contributed by atoms with Crippen molar-refractivity contribution in [2.75, 3.05) is 0 Å². The fraction of sp³-hybridized carbons (Fsp3) is 0.176. The SMILES string of the molecule is Cc1ccc(OCc2n[nH]c(=S)n2C)c(-n2nc3ccccc3n2)c1. The molecule has 0 bridgehead atoms. The van der Waals surface area contributed by atoms with Crippen LogP contribution in [0.2, 0.25) is 0 Å². The molecule has 0 aliphatic heterocycles. The number of aromatic amines is 1. The van der Waals surface area contributed by atoms with Crippen LogP contribution in [-0.2, 0) is 13.7 Å². The molecule has 0 saturated heterocycles. The maximum atomic E-state index is 5.97. The molecule has 0 saturated carbocycles. The average molecular weight is 352 g/mol. The maximum absolute atomic E-state index is 5.97. The zero-order valence-electron chi connectivity index (χ0n) is 13.8. The topological polar surface area (TPSA) is 73.5 Å². The Labute approximate surface area is 148 Å². The van der Waals surface area contributed by atoms with Gasteiger partial charge in [-0.05, 0) is 49.0 Å². The molecular weight excluding hydrogens is 336 g/mol. The summed E-state index contributed by atoms with van der Waals surface area (Å²) in [6.45, 7) is 2.31. The van der Waals surface area contributed by atoms with Crippen molar-refractivity contribution in [3.05, 3.63) is 58.6 Å². The molecule has 0 radical (unpaired) electrons. The molecule has 8 heteroatoms. The number of benzene rings is 2. The standard InChI is InChI=1S/C17H16N6OS/c1-11-7-8-15(24-10-16-18-19-17(25)22(16)2)14(9-11)23-20-12-5-3-4-6-13(12)21-23/h3-9H,10H2,1-2H3,(H,19,25). The highest BCUT2D eigenvalue weighted by atomic mass is 32.1. The minimum absolute atomic E-state index is 0.292. The molecule has 4 rings (SSSR count). The third-order valence-electron chi connectivity index (χ3n) is 3.95. The van der Waals surface area contributed by atoms with Gasteiger partial charge in [-0.3, -0.25) is 5.10 Å². The lowest BCUT2D eigenvalue weighted by Gasteiger charge is -2.11. The first-order valence-corrected chi connectivity index (χ1v) is 8.19. The lowest BCUT2D eigenvalue weighted by molar-refractivity contribution is 0.289. The Balaban J connectivity index is 1.71. The summed E-state index contributed by atoms with van der Waals surface area (Å²) in [4.78, 5) is 1.61. The largest absolute Gasteiger partial charge is 0.483 e. The minimum atomic E-state index is 0.292. The van der Waals surface area contributed by atoms with Crippen LogP contribution in [0.15, 0.2) is 42.5 Å². The highest BCUT2D eigenvalue weighted by molar-refractivity contribution is 7.71. The van der Waals surface area contributed by atoms with E-state index in [4.69, 9.17) is 17.0 Å². The summed E-state index contributed by atoms with van der Waals surface area (Å²) in [5.74, 6) is 1.40. The molecule has 0 fully saturated rings. The van der Waals surface area contributed by atoms with Gasteiger partial charge >= 0.3 is 0 Å². The number of hydrogen-bond acceptors (Lipinski definition) is 5. The number of aromatic nitrogens is 6. The summed E-state index contributed by atoms with van der Waals surface area (Å²) in [7, 11) is 1.85.